The second-order valence-electron chi connectivity index (χ2n) is 6.64. The molecule has 158 valence electrons. The SMILES string of the molecule is CNC(=S)N(Cc1ccc(S(N)(=O)=O)cc1)C1CC(=O)N(c2ccc(I)cc2)C1=O. The number of sulfonamides is 1. The van der Waals surface area contributed by atoms with Crippen molar-refractivity contribution in [2.45, 2.75) is 23.9 Å². The molecule has 0 bridgehead atoms. The van der Waals surface area contributed by atoms with Crippen molar-refractivity contribution in [3.63, 3.8) is 0 Å². The summed E-state index contributed by atoms with van der Waals surface area (Å²) in [7, 11) is -2.16. The lowest BCUT2D eigenvalue weighted by Crippen LogP contribution is -2.48. The highest BCUT2D eigenvalue weighted by atomic mass is 127. The highest BCUT2D eigenvalue weighted by Gasteiger charge is 2.43. The Bertz CT molecular complexity index is 1090. The lowest BCUT2D eigenvalue weighted by Gasteiger charge is -2.29. The molecule has 1 heterocycles. The number of amides is 2. The van der Waals surface area contributed by atoms with Gasteiger partial charge in [0.1, 0.15) is 6.04 Å². The molecule has 2 aromatic rings. The zero-order valence-electron chi connectivity index (χ0n) is 15.9. The van der Waals surface area contributed by atoms with E-state index in [4.69, 9.17) is 17.4 Å². The fourth-order valence-corrected chi connectivity index (χ4v) is 4.24. The Labute approximate surface area is 193 Å². The van der Waals surface area contributed by atoms with Crippen molar-refractivity contribution in [2.75, 3.05) is 11.9 Å². The van der Waals surface area contributed by atoms with E-state index in [0.717, 1.165) is 3.57 Å². The Kier molecular flexibility index (Phi) is 6.75. The Morgan fingerprint density at radius 2 is 1.80 bits per heavy atom. The fourth-order valence-electron chi connectivity index (χ4n) is 3.17. The third-order valence-corrected chi connectivity index (χ3v) is 6.75. The molecule has 1 atom stereocenters. The van der Waals surface area contributed by atoms with Crippen molar-refractivity contribution in [3.8, 4) is 0 Å². The molecule has 1 saturated heterocycles. The third-order valence-electron chi connectivity index (χ3n) is 4.66. The largest absolute Gasteiger partial charge is 0.366 e. The Morgan fingerprint density at radius 1 is 1.20 bits per heavy atom. The number of primary sulfonamides is 1. The lowest BCUT2D eigenvalue weighted by atomic mass is 10.1. The summed E-state index contributed by atoms with van der Waals surface area (Å²) in [6, 6.07) is 12.3. The van der Waals surface area contributed by atoms with Gasteiger partial charge in [-0.15, -0.1) is 0 Å². The Morgan fingerprint density at radius 3 is 2.33 bits per heavy atom. The molecule has 1 aliphatic rings. The van der Waals surface area contributed by atoms with Crippen LogP contribution in [0, 0.1) is 3.57 Å². The van der Waals surface area contributed by atoms with Crippen LogP contribution in [0.25, 0.3) is 0 Å². The number of anilines is 1. The van der Waals surface area contributed by atoms with Crippen molar-refractivity contribution in [3.05, 3.63) is 57.7 Å². The number of halogens is 1. The molecule has 1 fully saturated rings. The van der Waals surface area contributed by atoms with Crippen molar-refractivity contribution in [1.82, 2.24) is 10.2 Å². The minimum Gasteiger partial charge on any atom is -0.366 e. The number of benzene rings is 2. The van der Waals surface area contributed by atoms with Gasteiger partial charge in [-0.1, -0.05) is 12.1 Å². The van der Waals surface area contributed by atoms with Crippen LogP contribution in [0.5, 0.6) is 0 Å². The summed E-state index contributed by atoms with van der Waals surface area (Å²) < 4.78 is 23.9. The van der Waals surface area contributed by atoms with Crippen LogP contribution in [0.15, 0.2) is 53.4 Å². The van der Waals surface area contributed by atoms with E-state index >= 15 is 0 Å². The van der Waals surface area contributed by atoms with Crippen LogP contribution in [0.2, 0.25) is 0 Å². The first-order valence-corrected chi connectivity index (χ1v) is 11.9. The van der Waals surface area contributed by atoms with Gasteiger partial charge in [-0.2, -0.15) is 0 Å². The first-order valence-electron chi connectivity index (χ1n) is 8.84. The maximum atomic E-state index is 13.1. The maximum absolute atomic E-state index is 13.1. The molecule has 30 heavy (non-hydrogen) atoms. The van der Waals surface area contributed by atoms with E-state index in [1.807, 2.05) is 12.1 Å². The molecule has 0 aliphatic carbocycles. The highest BCUT2D eigenvalue weighted by molar-refractivity contribution is 14.1. The van der Waals surface area contributed by atoms with Gasteiger partial charge in [0.05, 0.1) is 17.0 Å². The van der Waals surface area contributed by atoms with E-state index in [2.05, 4.69) is 27.9 Å². The number of nitrogens with zero attached hydrogens (tertiary/aromatic N) is 2. The normalized spacial score (nSPS) is 16.6. The van der Waals surface area contributed by atoms with Gasteiger partial charge in [0.15, 0.2) is 5.11 Å². The Balaban J connectivity index is 1.87. The number of nitrogens with one attached hydrogen (secondary N) is 1. The van der Waals surface area contributed by atoms with Gasteiger partial charge < -0.3 is 10.2 Å². The zero-order valence-corrected chi connectivity index (χ0v) is 19.7. The minimum atomic E-state index is -3.80. The van der Waals surface area contributed by atoms with Crippen LogP contribution >= 0.6 is 34.8 Å². The number of thiocarbonyl (C=S) groups is 1. The second kappa shape index (κ2) is 8.96. The van der Waals surface area contributed by atoms with E-state index in [0.29, 0.717) is 16.4 Å². The minimum absolute atomic E-state index is 0.00833. The molecular weight excluding hydrogens is 539 g/mol. The number of rotatable bonds is 5. The average molecular weight is 558 g/mol. The first-order chi connectivity index (χ1) is 14.1. The molecule has 2 amide bonds. The monoisotopic (exact) mass is 558 g/mol. The standard InChI is InChI=1S/C19H19IN4O4S2/c1-22-19(29)23(11-12-2-8-15(9-3-12)30(21,27)28)16-10-17(25)24(18(16)26)14-6-4-13(20)5-7-14/h2-9,16H,10-11H2,1H3,(H,22,29)(H2,21,27,28). The van der Waals surface area contributed by atoms with Crippen molar-refractivity contribution < 1.29 is 18.0 Å². The van der Waals surface area contributed by atoms with Crippen molar-refractivity contribution in [2.24, 2.45) is 5.14 Å². The van der Waals surface area contributed by atoms with Gasteiger partial charge in [0, 0.05) is 17.2 Å². The quantitative estimate of drug-likeness (QED) is 0.326. The van der Waals surface area contributed by atoms with E-state index in [-0.39, 0.29) is 29.7 Å². The van der Waals surface area contributed by atoms with Gasteiger partial charge >= 0.3 is 0 Å². The van der Waals surface area contributed by atoms with Crippen LogP contribution in [-0.2, 0) is 26.2 Å². The molecule has 1 aliphatic heterocycles. The summed E-state index contributed by atoms with van der Waals surface area (Å²) in [4.78, 5) is 28.6. The maximum Gasteiger partial charge on any atom is 0.257 e. The molecular formula is C19H19IN4O4S2. The third kappa shape index (κ3) is 4.79. The van der Waals surface area contributed by atoms with Gasteiger partial charge in [0.25, 0.3) is 5.91 Å². The lowest BCUT2D eigenvalue weighted by molar-refractivity contribution is -0.122. The van der Waals surface area contributed by atoms with Crippen molar-refractivity contribution >= 4 is 67.4 Å². The number of carbonyl (C=O) groups excluding carboxylic acids is 2. The van der Waals surface area contributed by atoms with Gasteiger partial charge in [-0.05, 0) is 76.8 Å². The van der Waals surface area contributed by atoms with Gasteiger partial charge in [-0.3, -0.25) is 9.59 Å². The number of hydrogen-bond acceptors (Lipinski definition) is 5. The molecule has 0 saturated carbocycles. The van der Waals surface area contributed by atoms with E-state index in [1.54, 1.807) is 36.2 Å². The number of hydrogen-bond donors (Lipinski definition) is 2. The number of carbonyl (C=O) groups is 2. The molecule has 0 spiro atoms. The summed E-state index contributed by atoms with van der Waals surface area (Å²) in [6.45, 7) is 0.217. The topological polar surface area (TPSA) is 113 Å². The first kappa shape index (κ1) is 22.6. The fraction of sp³-hybridized carbons (Fsp3) is 0.211. The van der Waals surface area contributed by atoms with Crippen LogP contribution in [0.3, 0.4) is 0 Å². The summed E-state index contributed by atoms with van der Waals surface area (Å²) in [5.74, 6) is -0.667. The summed E-state index contributed by atoms with van der Waals surface area (Å²) in [5.41, 5.74) is 1.23. The smallest absolute Gasteiger partial charge is 0.257 e. The van der Waals surface area contributed by atoms with E-state index < -0.39 is 16.1 Å². The Hall–Kier alpha value is -2.09. The molecule has 3 N–H and O–H groups in total. The number of nitrogens with two attached hydrogens (primary N) is 1. The summed E-state index contributed by atoms with van der Waals surface area (Å²) in [5, 5.41) is 8.29. The van der Waals surface area contributed by atoms with Gasteiger partial charge in [-0.25, -0.2) is 18.5 Å². The van der Waals surface area contributed by atoms with Crippen LogP contribution in [-0.4, -0.2) is 43.3 Å². The van der Waals surface area contributed by atoms with Crippen LogP contribution in [0.1, 0.15) is 12.0 Å². The van der Waals surface area contributed by atoms with Gasteiger partial charge in [0.2, 0.25) is 15.9 Å². The molecule has 11 heteroatoms. The predicted octanol–water partition coefficient (Wildman–Crippen LogP) is 1.58. The van der Waals surface area contributed by atoms with Crippen LogP contribution in [0.4, 0.5) is 5.69 Å². The molecule has 8 nitrogen and oxygen atoms in total. The van der Waals surface area contributed by atoms with E-state index in [9.17, 15) is 18.0 Å². The zero-order chi connectivity index (χ0) is 22.1. The summed E-state index contributed by atoms with van der Waals surface area (Å²) in [6.07, 6.45) is -0.0120. The molecule has 0 aromatic heterocycles. The van der Waals surface area contributed by atoms with Crippen molar-refractivity contribution in [1.29, 1.82) is 0 Å². The highest BCUT2D eigenvalue weighted by Crippen LogP contribution is 2.27. The molecule has 1 unspecified atom stereocenters. The average Bonchev–Trinajstić information content (AvgIpc) is 3.00. The van der Waals surface area contributed by atoms with E-state index in [1.165, 1.54) is 17.0 Å². The predicted molar refractivity (Wildman–Crippen MR) is 125 cm³/mol. The second-order valence-corrected chi connectivity index (χ2v) is 9.83. The van der Waals surface area contributed by atoms with Crippen LogP contribution < -0.4 is 15.4 Å². The molecule has 0 radical (unpaired) electrons. The molecule has 2 aromatic carbocycles. The molecule has 3 rings (SSSR count). The summed E-state index contributed by atoms with van der Waals surface area (Å²) >= 11 is 7.53. The number of imide groups is 1.